The molecule has 15 heavy (non-hydrogen) atoms. The monoisotopic (exact) mass is 200 g/mol. The molecule has 0 bridgehead atoms. The molecule has 0 atom stereocenters. The summed E-state index contributed by atoms with van der Waals surface area (Å²) in [5.41, 5.74) is 2.48. The van der Waals surface area contributed by atoms with Gasteiger partial charge in [-0.2, -0.15) is 0 Å². The smallest absolute Gasteiger partial charge is 0.165 e. The molecule has 2 N–H and O–H groups in total. The number of rotatable bonds is 1. The minimum absolute atomic E-state index is 0.0631. The van der Waals surface area contributed by atoms with Crippen LogP contribution < -0.4 is 0 Å². The van der Waals surface area contributed by atoms with Gasteiger partial charge in [0.05, 0.1) is 0 Å². The van der Waals surface area contributed by atoms with Gasteiger partial charge >= 0.3 is 0 Å². The summed E-state index contributed by atoms with van der Waals surface area (Å²) in [5, 5.41) is 19.2. The Balaban J connectivity index is 2.63. The minimum Gasteiger partial charge on any atom is -0.504 e. The zero-order chi connectivity index (χ0) is 10.8. The molecule has 0 amide bonds. The SMILES string of the molecule is Cc1cc(O)c(O)c(-c2ccccc2)c1. The van der Waals surface area contributed by atoms with Crippen LogP contribution in [-0.2, 0) is 0 Å². The van der Waals surface area contributed by atoms with E-state index in [4.69, 9.17) is 0 Å². The quantitative estimate of drug-likeness (QED) is 0.694. The van der Waals surface area contributed by atoms with Crippen molar-refractivity contribution in [2.45, 2.75) is 6.92 Å². The van der Waals surface area contributed by atoms with Crippen LogP contribution in [0, 0.1) is 6.92 Å². The molecule has 0 aliphatic carbocycles. The van der Waals surface area contributed by atoms with Gasteiger partial charge in [0.25, 0.3) is 0 Å². The Morgan fingerprint density at radius 3 is 2.27 bits per heavy atom. The molecule has 0 unspecified atom stereocenters. The van der Waals surface area contributed by atoms with Crippen LogP contribution in [0.2, 0.25) is 0 Å². The Hall–Kier alpha value is -1.96. The Kier molecular flexibility index (Phi) is 2.34. The van der Waals surface area contributed by atoms with Gasteiger partial charge in [0, 0.05) is 5.56 Å². The number of benzene rings is 2. The predicted octanol–water partition coefficient (Wildman–Crippen LogP) is 3.07. The van der Waals surface area contributed by atoms with Crippen LogP contribution in [0.5, 0.6) is 11.5 Å². The maximum atomic E-state index is 9.73. The third-order valence-electron chi connectivity index (χ3n) is 2.32. The van der Waals surface area contributed by atoms with Crippen LogP contribution in [0.15, 0.2) is 42.5 Å². The molecule has 0 heterocycles. The van der Waals surface area contributed by atoms with Crippen LogP contribution in [0.25, 0.3) is 11.1 Å². The molecular formula is C13H12O2. The van der Waals surface area contributed by atoms with Crippen molar-refractivity contribution in [3.63, 3.8) is 0 Å². The lowest BCUT2D eigenvalue weighted by atomic mass is 10.0. The molecule has 2 rings (SSSR count). The molecule has 2 nitrogen and oxygen atoms in total. The first-order valence-corrected chi connectivity index (χ1v) is 4.76. The van der Waals surface area contributed by atoms with E-state index in [2.05, 4.69) is 0 Å². The maximum absolute atomic E-state index is 9.73. The number of phenols is 2. The fraction of sp³-hybridized carbons (Fsp3) is 0.0769. The van der Waals surface area contributed by atoms with Crippen LogP contribution in [0.4, 0.5) is 0 Å². The number of aromatic hydroxyl groups is 2. The van der Waals surface area contributed by atoms with Gasteiger partial charge in [-0.15, -0.1) is 0 Å². The van der Waals surface area contributed by atoms with Crippen LogP contribution in [0.1, 0.15) is 5.56 Å². The molecule has 0 radical (unpaired) electrons. The molecule has 2 aromatic rings. The van der Waals surface area contributed by atoms with Gasteiger partial charge in [-0.3, -0.25) is 0 Å². The summed E-state index contributed by atoms with van der Waals surface area (Å²) in [7, 11) is 0. The highest BCUT2D eigenvalue weighted by Crippen LogP contribution is 2.37. The summed E-state index contributed by atoms with van der Waals surface area (Å²) in [4.78, 5) is 0. The lowest BCUT2D eigenvalue weighted by Gasteiger charge is -2.07. The van der Waals surface area contributed by atoms with E-state index < -0.39 is 0 Å². The molecule has 0 fully saturated rings. The van der Waals surface area contributed by atoms with E-state index in [9.17, 15) is 10.2 Å². The van der Waals surface area contributed by atoms with Gasteiger partial charge in [0.1, 0.15) is 0 Å². The summed E-state index contributed by atoms with van der Waals surface area (Å²) < 4.78 is 0. The minimum atomic E-state index is -0.0751. The van der Waals surface area contributed by atoms with E-state index in [0.717, 1.165) is 11.1 Å². The molecule has 0 aromatic heterocycles. The average molecular weight is 200 g/mol. The van der Waals surface area contributed by atoms with Crippen molar-refractivity contribution in [3.05, 3.63) is 48.0 Å². The first-order chi connectivity index (χ1) is 7.18. The fourth-order valence-corrected chi connectivity index (χ4v) is 1.60. The maximum Gasteiger partial charge on any atom is 0.165 e. The van der Waals surface area contributed by atoms with E-state index in [1.54, 1.807) is 6.07 Å². The molecule has 2 aromatic carbocycles. The topological polar surface area (TPSA) is 40.5 Å². The Morgan fingerprint density at radius 1 is 0.933 bits per heavy atom. The molecule has 2 heteroatoms. The third kappa shape index (κ3) is 1.79. The number of hydrogen-bond donors (Lipinski definition) is 2. The lowest BCUT2D eigenvalue weighted by Crippen LogP contribution is -1.82. The van der Waals surface area contributed by atoms with Crippen molar-refractivity contribution in [2.24, 2.45) is 0 Å². The van der Waals surface area contributed by atoms with Gasteiger partial charge in [0.2, 0.25) is 0 Å². The summed E-state index contributed by atoms with van der Waals surface area (Å²) in [5.74, 6) is -0.138. The highest BCUT2D eigenvalue weighted by Gasteiger charge is 2.08. The zero-order valence-electron chi connectivity index (χ0n) is 8.44. The Bertz CT molecular complexity index is 475. The number of hydrogen-bond acceptors (Lipinski definition) is 2. The number of phenolic OH excluding ortho intramolecular Hbond substituents is 2. The Labute approximate surface area is 88.4 Å². The normalized spacial score (nSPS) is 10.2. The summed E-state index contributed by atoms with van der Waals surface area (Å²) in [6, 6.07) is 12.9. The van der Waals surface area contributed by atoms with E-state index in [1.807, 2.05) is 43.3 Å². The van der Waals surface area contributed by atoms with Crippen LogP contribution >= 0.6 is 0 Å². The van der Waals surface area contributed by atoms with Crippen molar-refractivity contribution in [2.75, 3.05) is 0 Å². The highest BCUT2D eigenvalue weighted by molar-refractivity contribution is 5.73. The standard InChI is InChI=1S/C13H12O2/c1-9-7-11(13(15)12(14)8-9)10-5-3-2-4-6-10/h2-8,14-15H,1H3. The van der Waals surface area contributed by atoms with Crippen LogP contribution in [0.3, 0.4) is 0 Å². The fourth-order valence-electron chi connectivity index (χ4n) is 1.60. The average Bonchev–Trinajstić information content (AvgIpc) is 2.24. The van der Waals surface area contributed by atoms with Gasteiger partial charge in [-0.25, -0.2) is 0 Å². The van der Waals surface area contributed by atoms with Gasteiger partial charge in [-0.05, 0) is 30.2 Å². The second-order valence-corrected chi connectivity index (χ2v) is 3.55. The zero-order valence-corrected chi connectivity index (χ0v) is 8.44. The molecule has 76 valence electrons. The van der Waals surface area contributed by atoms with Crippen molar-refractivity contribution in [1.29, 1.82) is 0 Å². The first-order valence-electron chi connectivity index (χ1n) is 4.76. The summed E-state index contributed by atoms with van der Waals surface area (Å²) in [6.07, 6.45) is 0. The summed E-state index contributed by atoms with van der Waals surface area (Å²) >= 11 is 0. The molecule has 0 saturated heterocycles. The van der Waals surface area contributed by atoms with E-state index in [1.165, 1.54) is 0 Å². The van der Waals surface area contributed by atoms with Gasteiger partial charge < -0.3 is 10.2 Å². The second-order valence-electron chi connectivity index (χ2n) is 3.55. The van der Waals surface area contributed by atoms with Crippen molar-refractivity contribution in [1.82, 2.24) is 0 Å². The number of aryl methyl sites for hydroxylation is 1. The van der Waals surface area contributed by atoms with E-state index in [0.29, 0.717) is 5.56 Å². The van der Waals surface area contributed by atoms with Crippen molar-refractivity contribution in [3.8, 4) is 22.6 Å². The summed E-state index contributed by atoms with van der Waals surface area (Å²) in [6.45, 7) is 1.88. The van der Waals surface area contributed by atoms with Gasteiger partial charge in [-0.1, -0.05) is 30.3 Å². The van der Waals surface area contributed by atoms with Gasteiger partial charge in [0.15, 0.2) is 11.5 Å². The van der Waals surface area contributed by atoms with E-state index >= 15 is 0 Å². The van der Waals surface area contributed by atoms with Crippen molar-refractivity contribution >= 4 is 0 Å². The lowest BCUT2D eigenvalue weighted by molar-refractivity contribution is 0.405. The van der Waals surface area contributed by atoms with E-state index in [-0.39, 0.29) is 11.5 Å². The highest BCUT2D eigenvalue weighted by atomic mass is 16.3. The van der Waals surface area contributed by atoms with Crippen LogP contribution in [-0.4, -0.2) is 10.2 Å². The molecule has 0 aliphatic heterocycles. The molecule has 0 spiro atoms. The van der Waals surface area contributed by atoms with Crippen molar-refractivity contribution < 1.29 is 10.2 Å². The first kappa shape index (κ1) is 9.59. The Morgan fingerprint density at radius 2 is 1.60 bits per heavy atom. The predicted molar refractivity (Wildman–Crippen MR) is 59.9 cm³/mol. The molecule has 0 aliphatic rings. The third-order valence-corrected chi connectivity index (χ3v) is 2.32. The molecular weight excluding hydrogens is 188 g/mol. The largest absolute Gasteiger partial charge is 0.504 e. The molecule has 0 saturated carbocycles. The second kappa shape index (κ2) is 3.65.